The zero-order valence-electron chi connectivity index (χ0n) is 8.84. The molecule has 2 aromatic heterocycles. The molecule has 5 nitrogen and oxygen atoms in total. The zero-order chi connectivity index (χ0) is 11.8. The van der Waals surface area contributed by atoms with Crippen molar-refractivity contribution in [2.45, 2.75) is 18.8 Å². The Morgan fingerprint density at radius 2 is 2.24 bits per heavy atom. The van der Waals surface area contributed by atoms with Crippen molar-refractivity contribution in [3.8, 4) is 11.9 Å². The van der Waals surface area contributed by atoms with Crippen molar-refractivity contribution in [1.82, 2.24) is 19.7 Å². The minimum Gasteiger partial charge on any atom is -0.259 e. The van der Waals surface area contributed by atoms with E-state index in [9.17, 15) is 0 Å². The molecule has 6 heteroatoms. The number of hydrogen-bond acceptors (Lipinski definition) is 4. The highest BCUT2D eigenvalue weighted by molar-refractivity contribution is 6.31. The van der Waals surface area contributed by atoms with Gasteiger partial charge in [0.1, 0.15) is 11.6 Å². The minimum atomic E-state index is 0.315. The van der Waals surface area contributed by atoms with Crippen LogP contribution in [-0.2, 0) is 0 Å². The zero-order valence-corrected chi connectivity index (χ0v) is 9.59. The summed E-state index contributed by atoms with van der Waals surface area (Å²) in [4.78, 5) is 8.08. The van der Waals surface area contributed by atoms with E-state index in [2.05, 4.69) is 21.1 Å². The summed E-state index contributed by atoms with van der Waals surface area (Å²) in [5, 5.41) is 13.8. The molecule has 2 heterocycles. The van der Waals surface area contributed by atoms with Gasteiger partial charge < -0.3 is 0 Å². The van der Waals surface area contributed by atoms with E-state index in [1.807, 2.05) is 0 Å². The minimum absolute atomic E-state index is 0.315. The van der Waals surface area contributed by atoms with Gasteiger partial charge >= 0.3 is 0 Å². The molecule has 0 N–H and O–H groups in total. The number of rotatable bonds is 2. The van der Waals surface area contributed by atoms with Gasteiger partial charge in [0.15, 0.2) is 11.0 Å². The fraction of sp³-hybridized carbons (Fsp3) is 0.273. The molecule has 1 aliphatic carbocycles. The van der Waals surface area contributed by atoms with Crippen LogP contribution >= 0.6 is 11.6 Å². The molecular weight excluding hydrogens is 238 g/mol. The predicted octanol–water partition coefficient (Wildman–Crippen LogP) is 2.06. The average Bonchev–Trinajstić information content (AvgIpc) is 3.15. The normalized spacial score (nSPS) is 14.6. The Kier molecular flexibility index (Phi) is 2.30. The highest BCUT2D eigenvalue weighted by Crippen LogP contribution is 2.42. The van der Waals surface area contributed by atoms with Crippen molar-refractivity contribution in [3.63, 3.8) is 0 Å². The van der Waals surface area contributed by atoms with Gasteiger partial charge in [-0.2, -0.15) is 10.4 Å². The van der Waals surface area contributed by atoms with Gasteiger partial charge in [0, 0.05) is 18.3 Å². The Hall–Kier alpha value is -1.93. The third kappa shape index (κ3) is 1.67. The fourth-order valence-corrected chi connectivity index (χ4v) is 1.98. The van der Waals surface area contributed by atoms with Crippen LogP contribution in [0, 0.1) is 11.3 Å². The molecule has 0 unspecified atom stereocenters. The average molecular weight is 246 g/mol. The summed E-state index contributed by atoms with van der Waals surface area (Å²) in [6.07, 6.45) is 6.85. The van der Waals surface area contributed by atoms with Crippen LogP contribution in [0.15, 0.2) is 18.6 Å². The lowest BCUT2D eigenvalue weighted by molar-refractivity contribution is 0.807. The van der Waals surface area contributed by atoms with E-state index in [0.29, 0.717) is 22.5 Å². The number of aromatic nitrogens is 4. The topological polar surface area (TPSA) is 67.4 Å². The van der Waals surface area contributed by atoms with Crippen molar-refractivity contribution < 1.29 is 0 Å². The van der Waals surface area contributed by atoms with E-state index in [-0.39, 0.29) is 0 Å². The molecule has 1 aliphatic rings. The molecule has 0 saturated heterocycles. The Balaban J connectivity index is 2.16. The lowest BCUT2D eigenvalue weighted by Gasteiger charge is -1.99. The molecule has 1 fully saturated rings. The fourth-order valence-electron chi connectivity index (χ4n) is 1.71. The molecule has 1 saturated carbocycles. The molecule has 0 aliphatic heterocycles. The van der Waals surface area contributed by atoms with Crippen LogP contribution < -0.4 is 0 Å². The van der Waals surface area contributed by atoms with Gasteiger partial charge in [0.25, 0.3) is 0 Å². The summed E-state index contributed by atoms with van der Waals surface area (Å²) in [6, 6.07) is 2.11. The van der Waals surface area contributed by atoms with E-state index in [0.717, 1.165) is 18.5 Å². The van der Waals surface area contributed by atoms with Gasteiger partial charge in [-0.25, -0.2) is 9.67 Å². The van der Waals surface area contributed by atoms with Crippen molar-refractivity contribution in [3.05, 3.63) is 35.0 Å². The molecule has 0 atom stereocenters. The van der Waals surface area contributed by atoms with Crippen molar-refractivity contribution in [1.29, 1.82) is 5.26 Å². The SMILES string of the molecule is N#Cc1c(C2CC2)nn(-c2cnccn2)c1Cl. The highest BCUT2D eigenvalue weighted by atomic mass is 35.5. The van der Waals surface area contributed by atoms with Crippen molar-refractivity contribution in [2.24, 2.45) is 0 Å². The first-order valence-corrected chi connectivity index (χ1v) is 5.64. The largest absolute Gasteiger partial charge is 0.259 e. The molecule has 0 aromatic carbocycles. The summed E-state index contributed by atoms with van der Waals surface area (Å²) in [5.41, 5.74) is 1.24. The molecule has 0 radical (unpaired) electrons. The molecule has 2 aromatic rings. The second kappa shape index (κ2) is 3.82. The third-order valence-corrected chi connectivity index (χ3v) is 3.05. The third-order valence-electron chi connectivity index (χ3n) is 2.70. The number of hydrogen-bond donors (Lipinski definition) is 0. The maximum atomic E-state index is 9.11. The van der Waals surface area contributed by atoms with E-state index < -0.39 is 0 Å². The smallest absolute Gasteiger partial charge is 0.173 e. The second-order valence-electron chi connectivity index (χ2n) is 3.91. The molecular formula is C11H8ClN5. The van der Waals surface area contributed by atoms with Gasteiger partial charge in [-0.05, 0) is 12.8 Å². The number of nitrogens with zero attached hydrogens (tertiary/aromatic N) is 5. The van der Waals surface area contributed by atoms with Gasteiger partial charge in [0.05, 0.1) is 11.9 Å². The van der Waals surface area contributed by atoms with Crippen molar-refractivity contribution in [2.75, 3.05) is 0 Å². The van der Waals surface area contributed by atoms with Gasteiger partial charge in [-0.15, -0.1) is 0 Å². The van der Waals surface area contributed by atoms with Gasteiger partial charge in [0.2, 0.25) is 0 Å². The molecule has 84 valence electrons. The standard InChI is InChI=1S/C11H8ClN5/c12-11-8(5-13)10(7-1-2-7)16-17(11)9-6-14-3-4-15-9/h3-4,6-7H,1-2H2. The number of halogens is 1. The van der Waals surface area contributed by atoms with Crippen LogP contribution in [-0.4, -0.2) is 19.7 Å². The maximum Gasteiger partial charge on any atom is 0.173 e. The van der Waals surface area contributed by atoms with Crippen molar-refractivity contribution >= 4 is 11.6 Å². The Bertz CT molecular complexity index is 594. The van der Waals surface area contributed by atoms with Crippen LogP contribution in [0.2, 0.25) is 5.15 Å². The summed E-state index contributed by atoms with van der Waals surface area (Å²) < 4.78 is 1.47. The van der Waals surface area contributed by atoms with Crippen LogP contribution in [0.3, 0.4) is 0 Å². The first kappa shape index (κ1) is 10.2. The second-order valence-corrected chi connectivity index (χ2v) is 4.27. The van der Waals surface area contributed by atoms with Gasteiger partial charge in [-0.1, -0.05) is 11.6 Å². The maximum absolute atomic E-state index is 9.11. The van der Waals surface area contributed by atoms with Crippen LogP contribution in [0.1, 0.15) is 30.0 Å². The number of nitriles is 1. The molecule has 17 heavy (non-hydrogen) atoms. The van der Waals surface area contributed by atoms with E-state index in [1.54, 1.807) is 18.6 Å². The first-order chi connectivity index (χ1) is 8.31. The van der Waals surface area contributed by atoms with E-state index >= 15 is 0 Å². The monoisotopic (exact) mass is 245 g/mol. The lowest BCUT2D eigenvalue weighted by Crippen LogP contribution is -2.00. The van der Waals surface area contributed by atoms with Crippen LogP contribution in [0.4, 0.5) is 0 Å². The lowest BCUT2D eigenvalue weighted by atomic mass is 10.2. The summed E-state index contributed by atoms with van der Waals surface area (Å²) in [7, 11) is 0. The molecule has 0 bridgehead atoms. The predicted molar refractivity (Wildman–Crippen MR) is 60.9 cm³/mol. The quantitative estimate of drug-likeness (QED) is 0.812. The first-order valence-electron chi connectivity index (χ1n) is 5.26. The molecule has 3 rings (SSSR count). The van der Waals surface area contributed by atoms with E-state index in [1.165, 1.54) is 4.68 Å². The van der Waals surface area contributed by atoms with Crippen LogP contribution in [0.5, 0.6) is 0 Å². The summed E-state index contributed by atoms with van der Waals surface area (Å²) in [5.74, 6) is 0.904. The van der Waals surface area contributed by atoms with Gasteiger partial charge in [-0.3, -0.25) is 4.98 Å². The Labute approximate surface area is 103 Å². The molecule has 0 amide bonds. The Morgan fingerprint density at radius 1 is 1.41 bits per heavy atom. The van der Waals surface area contributed by atoms with Crippen LogP contribution in [0.25, 0.3) is 5.82 Å². The molecule has 0 spiro atoms. The highest BCUT2D eigenvalue weighted by Gasteiger charge is 2.32. The Morgan fingerprint density at radius 3 is 2.82 bits per heavy atom. The van der Waals surface area contributed by atoms with E-state index in [4.69, 9.17) is 16.9 Å². The summed E-state index contributed by atoms with van der Waals surface area (Å²) >= 11 is 6.15. The summed E-state index contributed by atoms with van der Waals surface area (Å²) in [6.45, 7) is 0.